The van der Waals surface area contributed by atoms with Gasteiger partial charge in [-0.2, -0.15) is 0 Å². The summed E-state index contributed by atoms with van der Waals surface area (Å²) in [6.07, 6.45) is 3.94. The Morgan fingerprint density at radius 2 is 2.17 bits per heavy atom. The van der Waals surface area contributed by atoms with Crippen LogP contribution in [-0.2, 0) is 0 Å². The molecule has 0 spiro atoms. The number of nitrogens with two attached hydrogens (primary N) is 1. The van der Waals surface area contributed by atoms with Gasteiger partial charge in [0.25, 0.3) is 0 Å². The van der Waals surface area contributed by atoms with Gasteiger partial charge < -0.3 is 11.1 Å². The van der Waals surface area contributed by atoms with E-state index < -0.39 is 0 Å². The number of halogens is 1. The van der Waals surface area contributed by atoms with Crippen LogP contribution in [0.5, 0.6) is 0 Å². The fourth-order valence-electron chi connectivity index (χ4n) is 3.26. The normalized spacial score (nSPS) is 27.4. The van der Waals surface area contributed by atoms with Crippen LogP contribution in [0.25, 0.3) is 0 Å². The predicted molar refractivity (Wildman–Crippen MR) is 79.9 cm³/mol. The van der Waals surface area contributed by atoms with Crippen molar-refractivity contribution in [1.29, 1.82) is 0 Å². The molecule has 2 atom stereocenters. The lowest BCUT2D eigenvalue weighted by molar-refractivity contribution is 0.318. The van der Waals surface area contributed by atoms with E-state index in [1.807, 2.05) is 6.07 Å². The van der Waals surface area contributed by atoms with Gasteiger partial charge in [0.1, 0.15) is 0 Å². The molecule has 2 unspecified atom stereocenters. The average Bonchev–Trinajstić information content (AvgIpc) is 2.90. The van der Waals surface area contributed by atoms with E-state index in [0.717, 1.165) is 21.8 Å². The van der Waals surface area contributed by atoms with E-state index in [1.54, 1.807) is 0 Å². The Balaban J connectivity index is 1.78. The molecule has 2 aliphatic heterocycles. The molecule has 1 aromatic carbocycles. The van der Waals surface area contributed by atoms with Gasteiger partial charge in [-0.15, -0.1) is 0 Å². The molecule has 3 N–H and O–H groups in total. The molecule has 3 nitrogen and oxygen atoms in total. The molecule has 0 aliphatic carbocycles. The Bertz CT molecular complexity index is 461. The first-order chi connectivity index (χ1) is 8.65. The fraction of sp³-hybridized carbons (Fsp3) is 0.571. The Morgan fingerprint density at radius 1 is 1.33 bits per heavy atom. The molecular weight excluding hydrogens is 290 g/mol. The third-order valence-electron chi connectivity index (χ3n) is 4.30. The van der Waals surface area contributed by atoms with Gasteiger partial charge in [-0.05, 0) is 66.4 Å². The Kier molecular flexibility index (Phi) is 3.24. The number of nitrogens with zero attached hydrogens (tertiary/aromatic N) is 1. The maximum Gasteiger partial charge on any atom is 0.0491 e. The Morgan fingerprint density at radius 3 is 3.00 bits per heavy atom. The van der Waals surface area contributed by atoms with E-state index in [1.165, 1.54) is 38.0 Å². The lowest BCUT2D eigenvalue weighted by atomic mass is 10.1. The zero-order valence-electron chi connectivity index (χ0n) is 10.7. The lowest BCUT2D eigenvalue weighted by Gasteiger charge is -2.23. The van der Waals surface area contributed by atoms with Crippen molar-refractivity contribution >= 4 is 27.3 Å². The third kappa shape index (κ3) is 2.12. The molecule has 0 saturated carbocycles. The summed E-state index contributed by atoms with van der Waals surface area (Å²) < 4.78 is 1.07. The van der Waals surface area contributed by atoms with Crippen LogP contribution in [0.2, 0.25) is 0 Å². The van der Waals surface area contributed by atoms with Crippen LogP contribution in [-0.4, -0.2) is 30.1 Å². The van der Waals surface area contributed by atoms with Crippen molar-refractivity contribution in [1.82, 2.24) is 4.90 Å². The van der Waals surface area contributed by atoms with Gasteiger partial charge in [-0.25, -0.2) is 0 Å². The maximum atomic E-state index is 5.92. The van der Waals surface area contributed by atoms with Crippen LogP contribution in [0.4, 0.5) is 11.4 Å². The molecule has 3 rings (SSSR count). The van der Waals surface area contributed by atoms with Crippen molar-refractivity contribution in [2.75, 3.05) is 24.1 Å². The van der Waals surface area contributed by atoms with E-state index in [-0.39, 0.29) is 0 Å². The van der Waals surface area contributed by atoms with Crippen molar-refractivity contribution < 1.29 is 0 Å². The first kappa shape index (κ1) is 12.3. The summed E-state index contributed by atoms with van der Waals surface area (Å²) in [4.78, 5) is 2.62. The Labute approximate surface area is 117 Å². The van der Waals surface area contributed by atoms with Crippen LogP contribution < -0.4 is 11.1 Å². The maximum absolute atomic E-state index is 5.92. The molecule has 18 heavy (non-hydrogen) atoms. The van der Waals surface area contributed by atoms with Crippen LogP contribution in [0.15, 0.2) is 16.6 Å². The van der Waals surface area contributed by atoms with Gasteiger partial charge >= 0.3 is 0 Å². The van der Waals surface area contributed by atoms with E-state index in [4.69, 9.17) is 5.73 Å². The number of fused-ring (bicyclic) bond motifs is 1. The zero-order chi connectivity index (χ0) is 12.7. The standard InChI is InChI=1S/C14H20BrN3/c1-9-7-13(10(15)8-11(9)16)17-12-4-6-18-5-2-3-14(12)18/h7-8,12,14,17H,2-6,16H2,1H3. The molecule has 2 fully saturated rings. The van der Waals surface area contributed by atoms with Crippen molar-refractivity contribution in [3.63, 3.8) is 0 Å². The molecule has 0 aromatic heterocycles. The van der Waals surface area contributed by atoms with Gasteiger partial charge in [0.2, 0.25) is 0 Å². The molecule has 2 aliphatic rings. The summed E-state index contributed by atoms with van der Waals surface area (Å²) in [5.74, 6) is 0. The highest BCUT2D eigenvalue weighted by molar-refractivity contribution is 9.10. The minimum Gasteiger partial charge on any atom is -0.398 e. The highest BCUT2D eigenvalue weighted by Crippen LogP contribution is 2.33. The molecule has 1 aromatic rings. The highest BCUT2D eigenvalue weighted by Gasteiger charge is 2.37. The van der Waals surface area contributed by atoms with E-state index in [9.17, 15) is 0 Å². The number of aryl methyl sites for hydroxylation is 1. The summed E-state index contributed by atoms with van der Waals surface area (Å²) in [7, 11) is 0. The molecule has 98 valence electrons. The highest BCUT2D eigenvalue weighted by atomic mass is 79.9. The van der Waals surface area contributed by atoms with Crippen LogP contribution in [0, 0.1) is 6.92 Å². The number of nitrogens with one attached hydrogen (secondary N) is 1. The summed E-state index contributed by atoms with van der Waals surface area (Å²) in [6, 6.07) is 5.47. The first-order valence-corrected chi connectivity index (χ1v) is 7.50. The van der Waals surface area contributed by atoms with Gasteiger partial charge in [0.15, 0.2) is 0 Å². The lowest BCUT2D eigenvalue weighted by Crippen LogP contribution is -2.33. The Hall–Kier alpha value is -0.740. The van der Waals surface area contributed by atoms with E-state index in [2.05, 4.69) is 39.1 Å². The number of nitrogen functional groups attached to an aromatic ring is 1. The zero-order valence-corrected chi connectivity index (χ0v) is 12.3. The first-order valence-electron chi connectivity index (χ1n) is 6.71. The van der Waals surface area contributed by atoms with Gasteiger partial charge in [0.05, 0.1) is 0 Å². The fourth-order valence-corrected chi connectivity index (χ4v) is 3.73. The number of rotatable bonds is 2. The molecule has 2 saturated heterocycles. The van der Waals surface area contributed by atoms with E-state index >= 15 is 0 Å². The van der Waals surface area contributed by atoms with Gasteiger partial charge in [-0.1, -0.05) is 0 Å². The van der Waals surface area contributed by atoms with Crippen molar-refractivity contribution in [3.8, 4) is 0 Å². The summed E-state index contributed by atoms with van der Waals surface area (Å²) in [5, 5.41) is 3.70. The molecule has 2 heterocycles. The molecule has 0 bridgehead atoms. The number of benzene rings is 1. The second kappa shape index (κ2) is 4.74. The number of hydrogen-bond acceptors (Lipinski definition) is 3. The smallest absolute Gasteiger partial charge is 0.0491 e. The molecule has 4 heteroatoms. The summed E-state index contributed by atoms with van der Waals surface area (Å²) in [5.41, 5.74) is 9.09. The molecule has 0 radical (unpaired) electrons. The van der Waals surface area contributed by atoms with Crippen LogP contribution in [0.1, 0.15) is 24.8 Å². The second-order valence-electron chi connectivity index (χ2n) is 5.47. The SMILES string of the molecule is Cc1cc(NC2CCN3CCCC23)c(Br)cc1N. The van der Waals surface area contributed by atoms with Crippen molar-refractivity contribution in [2.45, 2.75) is 38.3 Å². The van der Waals surface area contributed by atoms with Gasteiger partial charge in [0, 0.05) is 34.5 Å². The predicted octanol–water partition coefficient (Wildman–Crippen LogP) is 2.99. The quantitative estimate of drug-likeness (QED) is 0.825. The van der Waals surface area contributed by atoms with Crippen molar-refractivity contribution in [2.24, 2.45) is 0 Å². The van der Waals surface area contributed by atoms with E-state index in [0.29, 0.717) is 6.04 Å². The average molecular weight is 310 g/mol. The van der Waals surface area contributed by atoms with Gasteiger partial charge in [-0.3, -0.25) is 4.90 Å². The minimum absolute atomic E-state index is 0.590. The topological polar surface area (TPSA) is 41.3 Å². The molecule has 0 amide bonds. The van der Waals surface area contributed by atoms with Crippen LogP contribution >= 0.6 is 15.9 Å². The number of hydrogen-bond donors (Lipinski definition) is 2. The largest absolute Gasteiger partial charge is 0.398 e. The van der Waals surface area contributed by atoms with Crippen LogP contribution in [0.3, 0.4) is 0 Å². The third-order valence-corrected chi connectivity index (χ3v) is 4.96. The second-order valence-corrected chi connectivity index (χ2v) is 6.33. The number of anilines is 2. The summed E-state index contributed by atoms with van der Waals surface area (Å²) >= 11 is 3.61. The molecular formula is C14H20BrN3. The summed E-state index contributed by atoms with van der Waals surface area (Å²) in [6.45, 7) is 4.59. The van der Waals surface area contributed by atoms with Crippen molar-refractivity contribution in [3.05, 3.63) is 22.2 Å². The monoisotopic (exact) mass is 309 g/mol. The minimum atomic E-state index is 0.590.